The van der Waals surface area contributed by atoms with E-state index in [0.29, 0.717) is 18.5 Å². The summed E-state index contributed by atoms with van der Waals surface area (Å²) in [5, 5.41) is 0. The van der Waals surface area contributed by atoms with E-state index >= 15 is 0 Å². The summed E-state index contributed by atoms with van der Waals surface area (Å²) in [6.45, 7) is 2.31. The third-order valence-electron chi connectivity index (χ3n) is 2.70. The largest absolute Gasteiger partial charge is 0.496 e. The van der Waals surface area contributed by atoms with Crippen LogP contribution in [0, 0.1) is 0 Å². The average Bonchev–Trinajstić information content (AvgIpc) is 2.27. The van der Waals surface area contributed by atoms with Gasteiger partial charge >= 0.3 is 6.18 Å². The smallest absolute Gasteiger partial charge is 0.419 e. The normalized spacial score (nSPS) is 13.5. The zero-order valence-electron chi connectivity index (χ0n) is 9.84. The van der Waals surface area contributed by atoms with Gasteiger partial charge in [-0.15, -0.1) is 0 Å². The molecule has 17 heavy (non-hydrogen) atoms. The molecule has 96 valence electrons. The van der Waals surface area contributed by atoms with Gasteiger partial charge in [0.05, 0.1) is 12.7 Å². The minimum Gasteiger partial charge on any atom is -0.496 e. The van der Waals surface area contributed by atoms with Gasteiger partial charge in [-0.3, -0.25) is 0 Å². The molecule has 0 aliphatic rings. The number of nitrogens with two attached hydrogens (primary N) is 1. The van der Waals surface area contributed by atoms with Crippen molar-refractivity contribution in [2.45, 2.75) is 25.4 Å². The van der Waals surface area contributed by atoms with Crippen molar-refractivity contribution in [2.24, 2.45) is 5.73 Å². The molecule has 0 saturated carbocycles. The predicted molar refractivity (Wildman–Crippen MR) is 60.1 cm³/mol. The molecule has 2 nitrogen and oxygen atoms in total. The fraction of sp³-hybridized carbons (Fsp3) is 0.500. The van der Waals surface area contributed by atoms with Crippen molar-refractivity contribution in [3.05, 3.63) is 29.3 Å². The van der Waals surface area contributed by atoms with E-state index in [1.54, 1.807) is 6.07 Å². The second-order valence-corrected chi connectivity index (χ2v) is 3.94. The van der Waals surface area contributed by atoms with Gasteiger partial charge in [0.15, 0.2) is 0 Å². The van der Waals surface area contributed by atoms with E-state index in [-0.39, 0.29) is 11.7 Å². The molecule has 0 bridgehead atoms. The minimum absolute atomic E-state index is 0.00649. The lowest BCUT2D eigenvalue weighted by molar-refractivity contribution is -0.138. The number of rotatable bonds is 4. The van der Waals surface area contributed by atoms with Gasteiger partial charge < -0.3 is 10.5 Å². The van der Waals surface area contributed by atoms with Crippen LogP contribution in [0.4, 0.5) is 13.2 Å². The highest BCUT2D eigenvalue weighted by atomic mass is 19.4. The molecule has 0 heterocycles. The number of ether oxygens (including phenoxy) is 1. The molecule has 1 atom stereocenters. The maximum absolute atomic E-state index is 12.8. The first-order valence-corrected chi connectivity index (χ1v) is 5.35. The number of benzene rings is 1. The maximum atomic E-state index is 12.8. The summed E-state index contributed by atoms with van der Waals surface area (Å²) in [5.41, 5.74) is 5.29. The zero-order chi connectivity index (χ0) is 13.1. The molecule has 0 radical (unpaired) electrons. The molecule has 1 unspecified atom stereocenters. The quantitative estimate of drug-likeness (QED) is 0.887. The third-order valence-corrected chi connectivity index (χ3v) is 2.70. The van der Waals surface area contributed by atoms with Crippen molar-refractivity contribution in [2.75, 3.05) is 13.7 Å². The van der Waals surface area contributed by atoms with Crippen LogP contribution in [0.25, 0.3) is 0 Å². The Balaban J connectivity index is 3.13. The predicted octanol–water partition coefficient (Wildman–Crippen LogP) is 3.17. The molecular formula is C12H16F3NO. The van der Waals surface area contributed by atoms with Gasteiger partial charge in [-0.2, -0.15) is 13.2 Å². The molecule has 5 heteroatoms. The molecule has 0 fully saturated rings. The SMILES string of the molecule is COc1ccc(C(C)CCN)cc1C(F)(F)F. The first-order valence-electron chi connectivity index (χ1n) is 5.35. The number of hydrogen-bond donors (Lipinski definition) is 1. The van der Waals surface area contributed by atoms with Crippen LogP contribution in [-0.2, 0) is 6.18 Å². The Morgan fingerprint density at radius 3 is 2.47 bits per heavy atom. The van der Waals surface area contributed by atoms with Crippen molar-refractivity contribution in [3.8, 4) is 5.75 Å². The lowest BCUT2D eigenvalue weighted by atomic mass is 9.95. The van der Waals surface area contributed by atoms with E-state index in [1.807, 2.05) is 6.92 Å². The molecule has 1 rings (SSSR count). The second kappa shape index (κ2) is 5.40. The summed E-state index contributed by atoms with van der Waals surface area (Å²) in [4.78, 5) is 0. The summed E-state index contributed by atoms with van der Waals surface area (Å²) in [5.74, 6) is -0.145. The summed E-state index contributed by atoms with van der Waals surface area (Å²) in [6, 6.07) is 4.14. The third kappa shape index (κ3) is 3.36. The monoisotopic (exact) mass is 247 g/mol. The van der Waals surface area contributed by atoms with Crippen molar-refractivity contribution in [3.63, 3.8) is 0 Å². The standard InChI is InChI=1S/C12H16F3NO/c1-8(5-6-16)9-3-4-11(17-2)10(7-9)12(13,14)15/h3-4,7-8H,5-6,16H2,1-2H3. The average molecular weight is 247 g/mol. The van der Waals surface area contributed by atoms with Crippen LogP contribution in [0.3, 0.4) is 0 Å². The van der Waals surface area contributed by atoms with Gasteiger partial charge in [0.25, 0.3) is 0 Å². The van der Waals surface area contributed by atoms with Crippen molar-refractivity contribution in [1.82, 2.24) is 0 Å². The molecular weight excluding hydrogens is 231 g/mol. The lowest BCUT2D eigenvalue weighted by Crippen LogP contribution is -2.10. The van der Waals surface area contributed by atoms with E-state index in [9.17, 15) is 13.2 Å². The van der Waals surface area contributed by atoms with Crippen molar-refractivity contribution < 1.29 is 17.9 Å². The van der Waals surface area contributed by atoms with Gasteiger partial charge in [-0.05, 0) is 36.6 Å². The molecule has 1 aromatic rings. The number of methoxy groups -OCH3 is 1. The van der Waals surface area contributed by atoms with Crippen LogP contribution < -0.4 is 10.5 Å². The Morgan fingerprint density at radius 2 is 2.00 bits per heavy atom. The zero-order valence-corrected chi connectivity index (χ0v) is 9.84. The lowest BCUT2D eigenvalue weighted by Gasteiger charge is -2.16. The van der Waals surface area contributed by atoms with E-state index in [1.165, 1.54) is 13.2 Å². The molecule has 1 aromatic carbocycles. The molecule has 0 aliphatic carbocycles. The van der Waals surface area contributed by atoms with Crippen LogP contribution in [0.5, 0.6) is 5.75 Å². The van der Waals surface area contributed by atoms with Gasteiger partial charge in [0.2, 0.25) is 0 Å². The topological polar surface area (TPSA) is 35.2 Å². The molecule has 0 aromatic heterocycles. The first-order chi connectivity index (χ1) is 7.90. The summed E-state index contributed by atoms with van der Waals surface area (Å²) < 4.78 is 43.0. The summed E-state index contributed by atoms with van der Waals surface area (Å²) in [7, 11) is 1.23. The molecule has 2 N–H and O–H groups in total. The first kappa shape index (κ1) is 13.8. The molecule has 0 spiro atoms. The Labute approximate surface area is 98.6 Å². The molecule has 0 aliphatic heterocycles. The van der Waals surface area contributed by atoms with Crippen LogP contribution in [0.15, 0.2) is 18.2 Å². The Morgan fingerprint density at radius 1 is 1.35 bits per heavy atom. The van der Waals surface area contributed by atoms with E-state index < -0.39 is 11.7 Å². The van der Waals surface area contributed by atoms with Gasteiger partial charge in [0.1, 0.15) is 5.75 Å². The number of alkyl halides is 3. The van der Waals surface area contributed by atoms with Crippen LogP contribution in [-0.4, -0.2) is 13.7 Å². The fourth-order valence-electron chi connectivity index (χ4n) is 1.67. The fourth-order valence-corrected chi connectivity index (χ4v) is 1.67. The maximum Gasteiger partial charge on any atom is 0.419 e. The molecule has 0 amide bonds. The number of halogens is 3. The highest BCUT2D eigenvalue weighted by Gasteiger charge is 2.34. The Hall–Kier alpha value is -1.23. The Kier molecular flexibility index (Phi) is 4.40. The van der Waals surface area contributed by atoms with Gasteiger partial charge in [-0.1, -0.05) is 13.0 Å². The van der Waals surface area contributed by atoms with Crippen LogP contribution >= 0.6 is 0 Å². The van der Waals surface area contributed by atoms with E-state index in [4.69, 9.17) is 10.5 Å². The summed E-state index contributed by atoms with van der Waals surface area (Å²) in [6.07, 6.45) is -3.74. The minimum atomic E-state index is -4.40. The highest BCUT2D eigenvalue weighted by molar-refractivity contribution is 5.40. The molecule has 0 saturated heterocycles. The van der Waals surface area contributed by atoms with Crippen LogP contribution in [0.1, 0.15) is 30.4 Å². The van der Waals surface area contributed by atoms with Crippen LogP contribution in [0.2, 0.25) is 0 Å². The van der Waals surface area contributed by atoms with E-state index in [0.717, 1.165) is 6.07 Å². The van der Waals surface area contributed by atoms with Gasteiger partial charge in [0, 0.05) is 0 Å². The number of hydrogen-bond acceptors (Lipinski definition) is 2. The van der Waals surface area contributed by atoms with Gasteiger partial charge in [-0.25, -0.2) is 0 Å². The highest BCUT2D eigenvalue weighted by Crippen LogP contribution is 2.38. The summed E-state index contributed by atoms with van der Waals surface area (Å²) >= 11 is 0. The van der Waals surface area contributed by atoms with E-state index in [2.05, 4.69) is 0 Å². The Bertz CT molecular complexity index is 377. The van der Waals surface area contributed by atoms with Crippen molar-refractivity contribution in [1.29, 1.82) is 0 Å². The van der Waals surface area contributed by atoms with Crippen molar-refractivity contribution >= 4 is 0 Å². The second-order valence-electron chi connectivity index (χ2n) is 3.94.